The van der Waals surface area contributed by atoms with E-state index in [1.54, 1.807) is 6.07 Å². The molecule has 2 fully saturated rings. The lowest BCUT2D eigenvalue weighted by atomic mass is 10.1. The van der Waals surface area contributed by atoms with E-state index in [9.17, 15) is 13.2 Å². The van der Waals surface area contributed by atoms with E-state index in [2.05, 4.69) is 0 Å². The first-order valence-electron chi connectivity index (χ1n) is 6.84. The molecular formula is C14H16ClNO3S. The Bertz CT molecular complexity index is 646. The zero-order valence-corrected chi connectivity index (χ0v) is 12.6. The molecule has 0 aromatic heterocycles. The molecule has 0 unspecified atom stereocenters. The van der Waals surface area contributed by atoms with Crippen LogP contribution in [-0.2, 0) is 10.0 Å². The average molecular weight is 314 g/mol. The average Bonchev–Trinajstić information content (AvgIpc) is 3.12. The maximum absolute atomic E-state index is 12.5. The Morgan fingerprint density at radius 2 is 1.85 bits per heavy atom. The standard InChI is InChI=1S/C14H16ClNO3S/c15-12-6-5-11(14(17)10-3-4-10)9-13(12)20(18,19)16-7-1-2-8-16/h5-6,9-10H,1-4,7-8H2. The number of carbonyl (C=O) groups is 1. The predicted molar refractivity (Wildman–Crippen MR) is 76.5 cm³/mol. The molecule has 1 aliphatic heterocycles. The molecule has 1 aliphatic carbocycles. The van der Waals surface area contributed by atoms with Gasteiger partial charge in [-0.3, -0.25) is 4.79 Å². The molecule has 0 atom stereocenters. The molecule has 0 N–H and O–H groups in total. The van der Waals surface area contributed by atoms with Crippen LogP contribution in [0.4, 0.5) is 0 Å². The van der Waals surface area contributed by atoms with E-state index in [1.807, 2.05) is 0 Å². The Balaban J connectivity index is 1.99. The van der Waals surface area contributed by atoms with Gasteiger partial charge in [0.1, 0.15) is 4.90 Å². The lowest BCUT2D eigenvalue weighted by Crippen LogP contribution is -2.28. The van der Waals surface area contributed by atoms with Gasteiger partial charge in [-0.15, -0.1) is 0 Å². The van der Waals surface area contributed by atoms with E-state index >= 15 is 0 Å². The maximum Gasteiger partial charge on any atom is 0.244 e. The monoisotopic (exact) mass is 313 g/mol. The van der Waals surface area contributed by atoms with Crippen LogP contribution in [0, 0.1) is 5.92 Å². The van der Waals surface area contributed by atoms with Crippen LogP contribution in [0.15, 0.2) is 23.1 Å². The van der Waals surface area contributed by atoms with Gasteiger partial charge < -0.3 is 0 Å². The van der Waals surface area contributed by atoms with E-state index < -0.39 is 10.0 Å². The molecule has 0 radical (unpaired) electrons. The van der Waals surface area contributed by atoms with Crippen molar-refractivity contribution in [2.75, 3.05) is 13.1 Å². The van der Waals surface area contributed by atoms with Crippen LogP contribution < -0.4 is 0 Å². The SMILES string of the molecule is O=C(c1ccc(Cl)c(S(=O)(=O)N2CCCC2)c1)C1CC1. The molecule has 1 aromatic rings. The second-order valence-electron chi connectivity index (χ2n) is 5.39. The van der Waals surface area contributed by atoms with Gasteiger partial charge >= 0.3 is 0 Å². The van der Waals surface area contributed by atoms with Crippen molar-refractivity contribution in [1.82, 2.24) is 4.31 Å². The van der Waals surface area contributed by atoms with Gasteiger partial charge in [-0.25, -0.2) is 8.42 Å². The summed E-state index contributed by atoms with van der Waals surface area (Å²) in [5.74, 6) is 0.0954. The van der Waals surface area contributed by atoms with Crippen molar-refractivity contribution >= 4 is 27.4 Å². The van der Waals surface area contributed by atoms with Crippen LogP contribution in [0.2, 0.25) is 5.02 Å². The lowest BCUT2D eigenvalue weighted by Gasteiger charge is -2.17. The van der Waals surface area contributed by atoms with Crippen molar-refractivity contribution in [2.24, 2.45) is 5.92 Å². The summed E-state index contributed by atoms with van der Waals surface area (Å²) >= 11 is 6.04. The predicted octanol–water partition coefficient (Wildman–Crippen LogP) is 2.72. The molecule has 3 rings (SSSR count). The number of sulfonamides is 1. The van der Waals surface area contributed by atoms with Crippen molar-refractivity contribution in [3.63, 3.8) is 0 Å². The number of rotatable bonds is 4. The van der Waals surface area contributed by atoms with Crippen LogP contribution >= 0.6 is 11.6 Å². The van der Waals surface area contributed by atoms with Gasteiger partial charge in [-0.2, -0.15) is 4.31 Å². The molecule has 20 heavy (non-hydrogen) atoms. The minimum absolute atomic E-state index is 0.0274. The summed E-state index contributed by atoms with van der Waals surface area (Å²) in [5, 5.41) is 0.184. The van der Waals surface area contributed by atoms with E-state index in [0.29, 0.717) is 18.7 Å². The molecule has 0 spiro atoms. The Hall–Kier alpha value is -0.910. The van der Waals surface area contributed by atoms with E-state index in [-0.39, 0.29) is 21.6 Å². The zero-order chi connectivity index (χ0) is 14.3. The Labute approximate surface area is 123 Å². The van der Waals surface area contributed by atoms with E-state index in [4.69, 9.17) is 11.6 Å². The highest BCUT2D eigenvalue weighted by Gasteiger charge is 2.33. The highest BCUT2D eigenvalue weighted by molar-refractivity contribution is 7.89. The van der Waals surface area contributed by atoms with Gasteiger partial charge in [0, 0.05) is 24.6 Å². The van der Waals surface area contributed by atoms with Crippen molar-refractivity contribution in [3.05, 3.63) is 28.8 Å². The number of Topliss-reactive ketones (excluding diaryl/α,β-unsaturated/α-hetero) is 1. The van der Waals surface area contributed by atoms with Crippen molar-refractivity contribution in [1.29, 1.82) is 0 Å². The van der Waals surface area contributed by atoms with Crippen molar-refractivity contribution in [3.8, 4) is 0 Å². The topological polar surface area (TPSA) is 54.5 Å². The van der Waals surface area contributed by atoms with Gasteiger partial charge in [0.05, 0.1) is 5.02 Å². The van der Waals surface area contributed by atoms with Crippen LogP contribution in [-0.4, -0.2) is 31.6 Å². The summed E-state index contributed by atoms with van der Waals surface area (Å²) in [7, 11) is -3.58. The van der Waals surface area contributed by atoms with Gasteiger partial charge in [0.15, 0.2) is 5.78 Å². The second-order valence-corrected chi connectivity index (χ2v) is 7.71. The fraction of sp³-hybridized carbons (Fsp3) is 0.500. The van der Waals surface area contributed by atoms with Crippen molar-refractivity contribution in [2.45, 2.75) is 30.6 Å². The largest absolute Gasteiger partial charge is 0.294 e. The molecule has 0 amide bonds. The molecule has 1 saturated heterocycles. The summed E-state index contributed by atoms with van der Waals surface area (Å²) in [4.78, 5) is 12.1. The molecule has 0 bridgehead atoms. The first-order chi connectivity index (χ1) is 9.50. The summed E-state index contributed by atoms with van der Waals surface area (Å²) in [6.07, 6.45) is 3.54. The van der Waals surface area contributed by atoms with Gasteiger partial charge in [0.2, 0.25) is 10.0 Å². The van der Waals surface area contributed by atoms with Crippen LogP contribution in [0.3, 0.4) is 0 Å². The normalized spacial score (nSPS) is 20.2. The third-order valence-corrected chi connectivity index (χ3v) is 6.23. The summed E-state index contributed by atoms with van der Waals surface area (Å²) in [6.45, 7) is 1.05. The summed E-state index contributed by atoms with van der Waals surface area (Å²) < 4.78 is 26.5. The Kier molecular flexibility index (Phi) is 3.60. The molecular weight excluding hydrogens is 298 g/mol. The first-order valence-corrected chi connectivity index (χ1v) is 8.66. The highest BCUT2D eigenvalue weighted by atomic mass is 35.5. The first kappa shape index (κ1) is 14.0. The number of nitrogens with zero attached hydrogens (tertiary/aromatic N) is 1. The van der Waals surface area contributed by atoms with Crippen LogP contribution in [0.5, 0.6) is 0 Å². The molecule has 108 valence electrons. The fourth-order valence-corrected chi connectivity index (χ4v) is 4.52. The molecule has 2 aliphatic rings. The Morgan fingerprint density at radius 1 is 1.20 bits per heavy atom. The van der Waals surface area contributed by atoms with Crippen LogP contribution in [0.1, 0.15) is 36.0 Å². The third kappa shape index (κ3) is 2.50. The second kappa shape index (κ2) is 5.13. The van der Waals surface area contributed by atoms with Crippen LogP contribution in [0.25, 0.3) is 0 Å². The molecule has 6 heteroatoms. The maximum atomic E-state index is 12.5. The fourth-order valence-electron chi connectivity index (χ4n) is 2.50. The number of ketones is 1. The zero-order valence-electron chi connectivity index (χ0n) is 11.0. The number of carbonyl (C=O) groups excluding carboxylic acids is 1. The van der Waals surface area contributed by atoms with Gasteiger partial charge in [-0.05, 0) is 43.9 Å². The molecule has 4 nitrogen and oxygen atoms in total. The van der Waals surface area contributed by atoms with Crippen molar-refractivity contribution < 1.29 is 13.2 Å². The number of halogens is 1. The van der Waals surface area contributed by atoms with Gasteiger partial charge in [-0.1, -0.05) is 11.6 Å². The highest BCUT2D eigenvalue weighted by Crippen LogP contribution is 2.34. The number of hydrogen-bond acceptors (Lipinski definition) is 3. The molecule has 1 saturated carbocycles. The minimum Gasteiger partial charge on any atom is -0.294 e. The molecule has 1 aromatic carbocycles. The quantitative estimate of drug-likeness (QED) is 0.803. The van der Waals surface area contributed by atoms with E-state index in [0.717, 1.165) is 25.7 Å². The Morgan fingerprint density at radius 3 is 2.45 bits per heavy atom. The molecule has 1 heterocycles. The van der Waals surface area contributed by atoms with Gasteiger partial charge in [0.25, 0.3) is 0 Å². The summed E-state index contributed by atoms with van der Waals surface area (Å²) in [5.41, 5.74) is 0.453. The lowest BCUT2D eigenvalue weighted by molar-refractivity contribution is 0.0967. The number of hydrogen-bond donors (Lipinski definition) is 0. The smallest absolute Gasteiger partial charge is 0.244 e. The number of benzene rings is 1. The third-order valence-electron chi connectivity index (χ3n) is 3.85. The van der Waals surface area contributed by atoms with E-state index in [1.165, 1.54) is 16.4 Å². The summed E-state index contributed by atoms with van der Waals surface area (Å²) in [6, 6.07) is 4.57. The minimum atomic E-state index is -3.58.